The number of fused-ring (bicyclic) bond motifs is 3. The maximum absolute atomic E-state index is 13.0. The molecular formula is C21H25ClN2O. The van der Waals surface area contributed by atoms with Gasteiger partial charge in [0, 0.05) is 24.7 Å². The van der Waals surface area contributed by atoms with Gasteiger partial charge in [-0.15, -0.1) is 12.4 Å². The lowest BCUT2D eigenvalue weighted by atomic mass is 9.91. The van der Waals surface area contributed by atoms with Gasteiger partial charge in [-0.05, 0) is 59.6 Å². The molecule has 1 saturated heterocycles. The fourth-order valence-electron chi connectivity index (χ4n) is 4.19. The molecule has 1 fully saturated rings. The first kappa shape index (κ1) is 18.0. The van der Waals surface area contributed by atoms with Crippen LogP contribution in [0.15, 0.2) is 42.5 Å². The van der Waals surface area contributed by atoms with E-state index in [1.165, 1.54) is 22.3 Å². The van der Waals surface area contributed by atoms with Crippen molar-refractivity contribution >= 4 is 18.3 Å². The van der Waals surface area contributed by atoms with E-state index in [9.17, 15) is 4.79 Å². The average Bonchev–Trinajstić information content (AvgIpc) is 2.98. The minimum atomic E-state index is 0. The van der Waals surface area contributed by atoms with Gasteiger partial charge < -0.3 is 10.6 Å². The summed E-state index contributed by atoms with van der Waals surface area (Å²) in [5, 5.41) is 0. The SMILES string of the molecule is CC1CCN(C(=O)c2ccc3c(c2)Cc2ccccc2-3)C(CN)C1.Cl. The molecule has 1 aliphatic carbocycles. The number of carbonyl (C=O) groups is 1. The fourth-order valence-corrected chi connectivity index (χ4v) is 4.19. The summed E-state index contributed by atoms with van der Waals surface area (Å²) in [5.41, 5.74) is 11.9. The summed E-state index contributed by atoms with van der Waals surface area (Å²) in [6.45, 7) is 3.61. The van der Waals surface area contributed by atoms with Crippen LogP contribution in [-0.4, -0.2) is 29.9 Å². The molecule has 2 N–H and O–H groups in total. The Morgan fingerprint density at radius 1 is 1.16 bits per heavy atom. The van der Waals surface area contributed by atoms with Gasteiger partial charge in [0.25, 0.3) is 5.91 Å². The van der Waals surface area contributed by atoms with Gasteiger partial charge in [-0.1, -0.05) is 37.3 Å². The van der Waals surface area contributed by atoms with Gasteiger partial charge in [0.1, 0.15) is 0 Å². The highest BCUT2D eigenvalue weighted by Crippen LogP contribution is 2.37. The molecule has 1 amide bonds. The summed E-state index contributed by atoms with van der Waals surface area (Å²) < 4.78 is 0. The Balaban J connectivity index is 0.00000182. The number of halogens is 1. The van der Waals surface area contributed by atoms with Crippen LogP contribution in [0.4, 0.5) is 0 Å². The quantitative estimate of drug-likeness (QED) is 0.757. The van der Waals surface area contributed by atoms with Crippen LogP contribution in [0.25, 0.3) is 11.1 Å². The van der Waals surface area contributed by atoms with Crippen molar-refractivity contribution in [2.75, 3.05) is 13.1 Å². The van der Waals surface area contributed by atoms with E-state index >= 15 is 0 Å². The van der Waals surface area contributed by atoms with Crippen molar-refractivity contribution in [1.82, 2.24) is 4.90 Å². The highest BCUT2D eigenvalue weighted by Gasteiger charge is 2.30. The number of hydrogen-bond acceptors (Lipinski definition) is 2. The second kappa shape index (κ2) is 7.19. The highest BCUT2D eigenvalue weighted by molar-refractivity contribution is 5.96. The van der Waals surface area contributed by atoms with Crippen molar-refractivity contribution < 1.29 is 4.79 Å². The van der Waals surface area contributed by atoms with Gasteiger partial charge >= 0.3 is 0 Å². The fraction of sp³-hybridized carbons (Fsp3) is 0.381. The molecule has 0 bridgehead atoms. The van der Waals surface area contributed by atoms with Gasteiger partial charge in [0.15, 0.2) is 0 Å². The first-order valence-electron chi connectivity index (χ1n) is 8.89. The number of carbonyl (C=O) groups excluding carboxylic acids is 1. The summed E-state index contributed by atoms with van der Waals surface area (Å²) in [4.78, 5) is 15.0. The van der Waals surface area contributed by atoms with Crippen molar-refractivity contribution in [2.45, 2.75) is 32.2 Å². The van der Waals surface area contributed by atoms with Crippen molar-refractivity contribution in [3.05, 3.63) is 59.2 Å². The second-order valence-corrected chi connectivity index (χ2v) is 7.22. The van der Waals surface area contributed by atoms with Gasteiger partial charge in [0.2, 0.25) is 0 Å². The van der Waals surface area contributed by atoms with Crippen molar-refractivity contribution in [3.8, 4) is 11.1 Å². The lowest BCUT2D eigenvalue weighted by Crippen LogP contribution is -2.49. The zero-order chi connectivity index (χ0) is 16.7. The van der Waals surface area contributed by atoms with E-state index in [0.29, 0.717) is 12.5 Å². The maximum atomic E-state index is 13.0. The molecule has 2 aromatic carbocycles. The minimum absolute atomic E-state index is 0. The zero-order valence-corrected chi connectivity index (χ0v) is 15.4. The van der Waals surface area contributed by atoms with E-state index in [-0.39, 0.29) is 24.4 Å². The molecule has 0 radical (unpaired) electrons. The van der Waals surface area contributed by atoms with E-state index in [2.05, 4.69) is 43.3 Å². The molecule has 2 atom stereocenters. The van der Waals surface area contributed by atoms with Crippen LogP contribution >= 0.6 is 12.4 Å². The van der Waals surface area contributed by atoms with Crippen LogP contribution in [0.5, 0.6) is 0 Å². The molecule has 2 aromatic rings. The number of amides is 1. The Hall–Kier alpha value is -1.84. The molecule has 4 rings (SSSR count). The lowest BCUT2D eigenvalue weighted by molar-refractivity contribution is 0.0573. The molecule has 1 aliphatic heterocycles. The lowest BCUT2D eigenvalue weighted by Gasteiger charge is -2.38. The summed E-state index contributed by atoms with van der Waals surface area (Å²) in [6.07, 6.45) is 3.00. The Morgan fingerprint density at radius 2 is 1.92 bits per heavy atom. The summed E-state index contributed by atoms with van der Waals surface area (Å²) in [6, 6.07) is 14.8. The Kier molecular flexibility index (Phi) is 5.16. The van der Waals surface area contributed by atoms with Crippen LogP contribution in [0.2, 0.25) is 0 Å². The van der Waals surface area contributed by atoms with Crippen LogP contribution in [0, 0.1) is 5.92 Å². The van der Waals surface area contributed by atoms with E-state index in [1.807, 2.05) is 11.0 Å². The van der Waals surface area contributed by atoms with Crippen LogP contribution in [0.3, 0.4) is 0 Å². The number of rotatable bonds is 2. The minimum Gasteiger partial charge on any atom is -0.334 e. The van der Waals surface area contributed by atoms with Crippen molar-refractivity contribution in [2.24, 2.45) is 11.7 Å². The third-order valence-corrected chi connectivity index (χ3v) is 5.55. The molecule has 2 unspecified atom stereocenters. The number of likely N-dealkylation sites (tertiary alicyclic amines) is 1. The number of piperidine rings is 1. The number of nitrogens with zero attached hydrogens (tertiary/aromatic N) is 1. The Morgan fingerprint density at radius 3 is 2.72 bits per heavy atom. The van der Waals surface area contributed by atoms with Crippen molar-refractivity contribution in [1.29, 1.82) is 0 Å². The molecule has 0 saturated carbocycles. The van der Waals surface area contributed by atoms with Crippen LogP contribution < -0.4 is 5.73 Å². The third-order valence-electron chi connectivity index (χ3n) is 5.55. The molecule has 1 heterocycles. The molecule has 0 aromatic heterocycles. The molecule has 3 nitrogen and oxygen atoms in total. The van der Waals surface area contributed by atoms with Crippen LogP contribution in [-0.2, 0) is 6.42 Å². The molecule has 4 heteroatoms. The first-order chi connectivity index (χ1) is 11.7. The van der Waals surface area contributed by atoms with E-state index in [0.717, 1.165) is 31.4 Å². The molecule has 0 spiro atoms. The standard InChI is InChI=1S/C21H24N2O.ClH/c1-14-8-9-23(18(10-14)13-22)21(24)16-6-7-20-17(12-16)11-15-4-2-3-5-19(15)20;/h2-7,12,14,18H,8-11,13,22H2,1H3;1H. The highest BCUT2D eigenvalue weighted by atomic mass is 35.5. The van der Waals surface area contributed by atoms with Gasteiger partial charge in [-0.25, -0.2) is 0 Å². The first-order valence-corrected chi connectivity index (χ1v) is 8.89. The Bertz CT molecular complexity index is 789. The number of hydrogen-bond donors (Lipinski definition) is 1. The van der Waals surface area contributed by atoms with E-state index in [1.54, 1.807) is 0 Å². The van der Waals surface area contributed by atoms with E-state index < -0.39 is 0 Å². The summed E-state index contributed by atoms with van der Waals surface area (Å²) >= 11 is 0. The number of benzene rings is 2. The summed E-state index contributed by atoms with van der Waals surface area (Å²) in [7, 11) is 0. The third kappa shape index (κ3) is 3.19. The normalized spacial score (nSPS) is 21.3. The smallest absolute Gasteiger partial charge is 0.254 e. The predicted molar refractivity (Wildman–Crippen MR) is 104 cm³/mol. The second-order valence-electron chi connectivity index (χ2n) is 7.22. The Labute approximate surface area is 155 Å². The number of nitrogens with two attached hydrogens (primary N) is 1. The predicted octanol–water partition coefficient (Wildman–Crippen LogP) is 3.88. The van der Waals surface area contributed by atoms with Gasteiger partial charge in [-0.2, -0.15) is 0 Å². The monoisotopic (exact) mass is 356 g/mol. The maximum Gasteiger partial charge on any atom is 0.254 e. The molecular weight excluding hydrogens is 332 g/mol. The largest absolute Gasteiger partial charge is 0.334 e. The topological polar surface area (TPSA) is 46.3 Å². The van der Waals surface area contributed by atoms with Gasteiger partial charge in [0.05, 0.1) is 0 Å². The zero-order valence-electron chi connectivity index (χ0n) is 14.6. The van der Waals surface area contributed by atoms with Gasteiger partial charge in [-0.3, -0.25) is 4.79 Å². The van der Waals surface area contributed by atoms with Crippen LogP contribution in [0.1, 0.15) is 41.3 Å². The molecule has 25 heavy (non-hydrogen) atoms. The molecule has 132 valence electrons. The molecule has 2 aliphatic rings. The summed E-state index contributed by atoms with van der Waals surface area (Å²) in [5.74, 6) is 0.785. The average molecular weight is 357 g/mol. The van der Waals surface area contributed by atoms with Crippen molar-refractivity contribution in [3.63, 3.8) is 0 Å². The van der Waals surface area contributed by atoms with E-state index in [4.69, 9.17) is 5.73 Å².